The largest absolute Gasteiger partial charge is 0.496 e. The summed E-state index contributed by atoms with van der Waals surface area (Å²) in [6, 6.07) is 7.50. The maximum atomic E-state index is 11.4. The molecular formula is C14H18O3. The standard InChI is InChI=1S/C14H18O3/c1-4-11(2)17-14(15)10-9-12-7-5-6-8-13(12)16-3/h5-11H,4H2,1-3H3. The van der Waals surface area contributed by atoms with E-state index in [4.69, 9.17) is 9.47 Å². The van der Waals surface area contributed by atoms with Crippen LogP contribution in [0.15, 0.2) is 30.3 Å². The Balaban J connectivity index is 2.67. The van der Waals surface area contributed by atoms with Crippen LogP contribution in [0.3, 0.4) is 0 Å². The van der Waals surface area contributed by atoms with Crippen LogP contribution in [0.25, 0.3) is 6.08 Å². The van der Waals surface area contributed by atoms with Gasteiger partial charge >= 0.3 is 5.97 Å². The number of para-hydroxylation sites is 1. The summed E-state index contributed by atoms with van der Waals surface area (Å²) in [5, 5.41) is 0. The van der Waals surface area contributed by atoms with Gasteiger partial charge in [0.25, 0.3) is 0 Å². The number of esters is 1. The van der Waals surface area contributed by atoms with E-state index in [-0.39, 0.29) is 12.1 Å². The first-order valence-electron chi connectivity index (χ1n) is 5.69. The second kappa shape index (κ2) is 6.74. The highest BCUT2D eigenvalue weighted by Crippen LogP contribution is 2.18. The van der Waals surface area contributed by atoms with Gasteiger partial charge in [0.1, 0.15) is 5.75 Å². The number of benzene rings is 1. The molecule has 92 valence electrons. The van der Waals surface area contributed by atoms with Gasteiger partial charge in [-0.3, -0.25) is 0 Å². The Labute approximate surface area is 102 Å². The molecule has 0 heterocycles. The highest BCUT2D eigenvalue weighted by molar-refractivity contribution is 5.87. The van der Waals surface area contributed by atoms with Crippen molar-refractivity contribution in [2.24, 2.45) is 0 Å². The maximum absolute atomic E-state index is 11.4. The molecule has 0 radical (unpaired) electrons. The predicted octanol–water partition coefficient (Wildman–Crippen LogP) is 3.05. The number of hydrogen-bond acceptors (Lipinski definition) is 3. The van der Waals surface area contributed by atoms with Gasteiger partial charge in [-0.25, -0.2) is 4.79 Å². The van der Waals surface area contributed by atoms with E-state index in [1.807, 2.05) is 38.1 Å². The molecule has 1 aromatic carbocycles. The molecule has 0 aromatic heterocycles. The zero-order valence-corrected chi connectivity index (χ0v) is 10.5. The number of hydrogen-bond donors (Lipinski definition) is 0. The molecule has 3 nitrogen and oxygen atoms in total. The molecule has 0 spiro atoms. The SMILES string of the molecule is CCC(C)OC(=O)C=Cc1ccccc1OC. The first kappa shape index (κ1) is 13.3. The Hall–Kier alpha value is -1.77. The molecule has 0 fully saturated rings. The number of carbonyl (C=O) groups is 1. The fraction of sp³-hybridized carbons (Fsp3) is 0.357. The topological polar surface area (TPSA) is 35.5 Å². The Morgan fingerprint density at radius 1 is 1.41 bits per heavy atom. The number of methoxy groups -OCH3 is 1. The van der Waals surface area contributed by atoms with Crippen molar-refractivity contribution in [1.82, 2.24) is 0 Å². The minimum Gasteiger partial charge on any atom is -0.496 e. The van der Waals surface area contributed by atoms with E-state index in [0.717, 1.165) is 17.7 Å². The predicted molar refractivity (Wildman–Crippen MR) is 67.9 cm³/mol. The molecule has 1 unspecified atom stereocenters. The van der Waals surface area contributed by atoms with Crippen molar-refractivity contribution >= 4 is 12.0 Å². The van der Waals surface area contributed by atoms with Crippen LogP contribution in [-0.4, -0.2) is 19.2 Å². The molecule has 0 saturated carbocycles. The molecule has 0 aliphatic heterocycles. The van der Waals surface area contributed by atoms with E-state index >= 15 is 0 Å². The average molecular weight is 234 g/mol. The first-order valence-corrected chi connectivity index (χ1v) is 5.69. The van der Waals surface area contributed by atoms with Crippen LogP contribution in [0.1, 0.15) is 25.8 Å². The highest BCUT2D eigenvalue weighted by Gasteiger charge is 2.04. The van der Waals surface area contributed by atoms with Crippen LogP contribution in [0.5, 0.6) is 5.75 Å². The molecule has 0 N–H and O–H groups in total. The van der Waals surface area contributed by atoms with Gasteiger partial charge in [0.05, 0.1) is 13.2 Å². The van der Waals surface area contributed by atoms with Crippen LogP contribution < -0.4 is 4.74 Å². The summed E-state index contributed by atoms with van der Waals surface area (Å²) in [5.74, 6) is 0.408. The Morgan fingerprint density at radius 3 is 2.76 bits per heavy atom. The lowest BCUT2D eigenvalue weighted by molar-refractivity contribution is -0.142. The third-order valence-electron chi connectivity index (χ3n) is 2.43. The molecule has 0 bridgehead atoms. The van der Waals surface area contributed by atoms with E-state index in [1.54, 1.807) is 13.2 Å². The van der Waals surface area contributed by atoms with Crippen LogP contribution in [0.2, 0.25) is 0 Å². The Morgan fingerprint density at radius 2 is 2.12 bits per heavy atom. The van der Waals surface area contributed by atoms with Gasteiger partial charge in [-0.2, -0.15) is 0 Å². The van der Waals surface area contributed by atoms with Crippen molar-refractivity contribution in [3.8, 4) is 5.75 Å². The highest BCUT2D eigenvalue weighted by atomic mass is 16.5. The average Bonchev–Trinajstić information content (AvgIpc) is 2.36. The van der Waals surface area contributed by atoms with E-state index in [0.29, 0.717) is 0 Å². The minimum absolute atomic E-state index is 0.0511. The van der Waals surface area contributed by atoms with Crippen LogP contribution in [0.4, 0.5) is 0 Å². The molecule has 0 saturated heterocycles. The van der Waals surface area contributed by atoms with Gasteiger partial charge < -0.3 is 9.47 Å². The zero-order chi connectivity index (χ0) is 12.7. The van der Waals surface area contributed by atoms with Crippen LogP contribution in [0, 0.1) is 0 Å². The normalized spacial score (nSPS) is 12.4. The van der Waals surface area contributed by atoms with E-state index in [9.17, 15) is 4.79 Å². The molecule has 0 aliphatic rings. The summed E-state index contributed by atoms with van der Waals surface area (Å²) in [4.78, 5) is 11.4. The van der Waals surface area contributed by atoms with Crippen molar-refractivity contribution in [3.05, 3.63) is 35.9 Å². The van der Waals surface area contributed by atoms with Crippen molar-refractivity contribution in [3.63, 3.8) is 0 Å². The molecule has 17 heavy (non-hydrogen) atoms. The van der Waals surface area contributed by atoms with Gasteiger partial charge in [0, 0.05) is 11.6 Å². The Kier molecular flexibility index (Phi) is 5.27. The molecule has 3 heteroatoms. The van der Waals surface area contributed by atoms with Crippen molar-refractivity contribution in [2.45, 2.75) is 26.4 Å². The Bertz CT molecular complexity index is 396. The van der Waals surface area contributed by atoms with Crippen molar-refractivity contribution < 1.29 is 14.3 Å². The molecule has 0 amide bonds. The third kappa shape index (κ3) is 4.31. The van der Waals surface area contributed by atoms with E-state index in [2.05, 4.69) is 0 Å². The van der Waals surface area contributed by atoms with Crippen molar-refractivity contribution in [2.75, 3.05) is 7.11 Å². The quantitative estimate of drug-likeness (QED) is 0.580. The third-order valence-corrected chi connectivity index (χ3v) is 2.43. The van der Waals surface area contributed by atoms with Gasteiger partial charge in [-0.1, -0.05) is 25.1 Å². The van der Waals surface area contributed by atoms with Crippen LogP contribution in [-0.2, 0) is 9.53 Å². The van der Waals surface area contributed by atoms with E-state index in [1.165, 1.54) is 6.08 Å². The fourth-order valence-electron chi connectivity index (χ4n) is 1.28. The summed E-state index contributed by atoms with van der Waals surface area (Å²) < 4.78 is 10.3. The van der Waals surface area contributed by atoms with E-state index < -0.39 is 0 Å². The minimum atomic E-state index is -0.328. The smallest absolute Gasteiger partial charge is 0.331 e. The molecule has 1 rings (SSSR count). The summed E-state index contributed by atoms with van der Waals surface area (Å²) in [6.45, 7) is 3.84. The van der Waals surface area contributed by atoms with Gasteiger partial charge in [-0.05, 0) is 25.5 Å². The molecule has 1 atom stereocenters. The first-order chi connectivity index (χ1) is 8.17. The second-order valence-electron chi connectivity index (χ2n) is 3.73. The maximum Gasteiger partial charge on any atom is 0.331 e. The summed E-state index contributed by atoms with van der Waals surface area (Å²) in [7, 11) is 1.60. The van der Waals surface area contributed by atoms with Gasteiger partial charge in [0.2, 0.25) is 0 Å². The zero-order valence-electron chi connectivity index (χ0n) is 10.5. The fourth-order valence-corrected chi connectivity index (χ4v) is 1.28. The van der Waals surface area contributed by atoms with Crippen molar-refractivity contribution in [1.29, 1.82) is 0 Å². The summed E-state index contributed by atoms with van der Waals surface area (Å²) in [6.07, 6.45) is 3.88. The lowest BCUT2D eigenvalue weighted by atomic mass is 10.2. The van der Waals surface area contributed by atoms with Crippen LogP contribution >= 0.6 is 0 Å². The summed E-state index contributed by atoms with van der Waals surface area (Å²) >= 11 is 0. The number of ether oxygens (including phenoxy) is 2. The summed E-state index contributed by atoms with van der Waals surface area (Å²) in [5.41, 5.74) is 0.858. The monoisotopic (exact) mass is 234 g/mol. The molecule has 1 aromatic rings. The molecular weight excluding hydrogens is 216 g/mol. The lowest BCUT2D eigenvalue weighted by Gasteiger charge is -2.08. The van der Waals surface area contributed by atoms with Gasteiger partial charge in [-0.15, -0.1) is 0 Å². The number of rotatable bonds is 5. The number of carbonyl (C=O) groups excluding carboxylic acids is 1. The second-order valence-corrected chi connectivity index (χ2v) is 3.73. The van der Waals surface area contributed by atoms with Gasteiger partial charge in [0.15, 0.2) is 0 Å². The molecule has 0 aliphatic carbocycles. The lowest BCUT2D eigenvalue weighted by Crippen LogP contribution is -2.11.